The fourth-order valence-corrected chi connectivity index (χ4v) is 5.52. The van der Waals surface area contributed by atoms with Gasteiger partial charge < -0.3 is 25.3 Å². The van der Waals surface area contributed by atoms with Crippen LogP contribution in [0.5, 0.6) is 0 Å². The van der Waals surface area contributed by atoms with Gasteiger partial charge in [0.2, 0.25) is 5.95 Å². The third-order valence-corrected chi connectivity index (χ3v) is 7.64. The average molecular weight is 494 g/mol. The maximum absolute atomic E-state index is 5.63. The number of aromatic nitrogens is 2. The minimum Gasteiger partial charge on any atom is -0.372 e. The number of nitrogens with one attached hydrogen (secondary N) is 2. The first kappa shape index (κ1) is 24.1. The van der Waals surface area contributed by atoms with Crippen molar-refractivity contribution >= 4 is 40.6 Å². The Bertz CT molecular complexity index is 960. The van der Waals surface area contributed by atoms with Crippen LogP contribution in [-0.4, -0.2) is 54.3 Å². The molecule has 5 rings (SSSR count). The lowest BCUT2D eigenvalue weighted by Gasteiger charge is -2.29. The summed E-state index contributed by atoms with van der Waals surface area (Å²) in [6, 6.07) is 11.0. The molecule has 4 heterocycles. The average Bonchev–Trinajstić information content (AvgIpc) is 3.30. The Hall–Kier alpha value is -2.61. The Balaban J connectivity index is 1.24. The van der Waals surface area contributed by atoms with E-state index in [0.29, 0.717) is 17.6 Å². The zero-order valence-electron chi connectivity index (χ0n) is 20.8. The lowest BCUT2D eigenvalue weighted by atomic mass is 10.1. The van der Waals surface area contributed by atoms with E-state index < -0.39 is 0 Å². The molecule has 2 N–H and O–H groups in total. The normalized spacial score (nSPS) is 18.9. The molecule has 35 heavy (non-hydrogen) atoms. The van der Waals surface area contributed by atoms with Gasteiger partial charge in [0.15, 0.2) is 5.11 Å². The second kappa shape index (κ2) is 11.9. The number of thiocarbonyl (C=S) groups is 1. The van der Waals surface area contributed by atoms with E-state index in [2.05, 4.69) is 55.7 Å². The molecule has 3 aliphatic heterocycles. The molecule has 7 nitrogen and oxygen atoms in total. The third kappa shape index (κ3) is 6.54. The van der Waals surface area contributed by atoms with E-state index in [1.165, 1.54) is 82.1 Å². The summed E-state index contributed by atoms with van der Waals surface area (Å²) in [6.45, 7) is 7.26. The number of piperidine rings is 1. The Labute approximate surface area is 215 Å². The van der Waals surface area contributed by atoms with E-state index >= 15 is 0 Å². The van der Waals surface area contributed by atoms with Gasteiger partial charge in [-0.25, -0.2) is 0 Å². The smallest absolute Gasteiger partial charge is 0.232 e. The second-order valence-electron chi connectivity index (χ2n) is 10.0. The molecule has 2 aromatic rings. The molecule has 8 heteroatoms. The highest BCUT2D eigenvalue weighted by molar-refractivity contribution is 7.80. The van der Waals surface area contributed by atoms with Crippen molar-refractivity contribution in [2.75, 3.05) is 59.3 Å². The van der Waals surface area contributed by atoms with Crippen LogP contribution in [0, 0.1) is 0 Å². The highest BCUT2D eigenvalue weighted by atomic mass is 32.1. The topological polar surface area (TPSA) is 59.6 Å². The number of hydrogen-bond donors (Lipinski definition) is 2. The fourth-order valence-electron chi connectivity index (χ4n) is 5.35. The standard InChI is InChI=1S/C27H39N7S/c35-27(28-21-22-10-12-23(13-11-22)32-14-8-9-15-32)31-26-29-24(33-16-4-1-2-5-17-33)20-25(30-26)34-18-6-3-7-19-34/h10-13,20H,1-9,14-19,21H2,(H2,28,29,30,31,35). The number of benzene rings is 1. The van der Waals surface area contributed by atoms with Crippen LogP contribution in [0.4, 0.5) is 23.3 Å². The summed E-state index contributed by atoms with van der Waals surface area (Å²) in [4.78, 5) is 17.0. The zero-order valence-corrected chi connectivity index (χ0v) is 21.7. The molecule has 0 bridgehead atoms. The van der Waals surface area contributed by atoms with Gasteiger partial charge >= 0.3 is 0 Å². The van der Waals surface area contributed by atoms with Crippen molar-refractivity contribution in [3.63, 3.8) is 0 Å². The van der Waals surface area contributed by atoms with Crippen molar-refractivity contribution in [1.29, 1.82) is 0 Å². The first-order chi connectivity index (χ1) is 17.2. The van der Waals surface area contributed by atoms with Gasteiger partial charge in [0, 0.05) is 57.6 Å². The summed E-state index contributed by atoms with van der Waals surface area (Å²) in [6.07, 6.45) is 11.4. The third-order valence-electron chi connectivity index (χ3n) is 7.40. The van der Waals surface area contributed by atoms with Gasteiger partial charge in [-0.1, -0.05) is 25.0 Å². The molecule has 1 aromatic heterocycles. The van der Waals surface area contributed by atoms with Crippen molar-refractivity contribution in [2.45, 2.75) is 64.3 Å². The Morgan fingerprint density at radius 3 is 1.74 bits per heavy atom. The summed E-state index contributed by atoms with van der Waals surface area (Å²) in [7, 11) is 0. The second-order valence-corrected chi connectivity index (χ2v) is 10.4. The fraction of sp³-hybridized carbons (Fsp3) is 0.593. The van der Waals surface area contributed by atoms with Crippen LogP contribution < -0.4 is 25.3 Å². The number of nitrogens with zero attached hydrogens (tertiary/aromatic N) is 5. The minimum absolute atomic E-state index is 0.561. The van der Waals surface area contributed by atoms with E-state index in [-0.39, 0.29) is 0 Å². The molecular weight excluding hydrogens is 454 g/mol. The number of hydrogen-bond acceptors (Lipinski definition) is 6. The van der Waals surface area contributed by atoms with Crippen molar-refractivity contribution in [3.8, 4) is 0 Å². The monoisotopic (exact) mass is 493 g/mol. The summed E-state index contributed by atoms with van der Waals surface area (Å²) < 4.78 is 0. The van der Waals surface area contributed by atoms with Gasteiger partial charge in [-0.3, -0.25) is 0 Å². The first-order valence-corrected chi connectivity index (χ1v) is 13.9. The largest absolute Gasteiger partial charge is 0.372 e. The van der Waals surface area contributed by atoms with Gasteiger partial charge in [0.05, 0.1) is 0 Å². The van der Waals surface area contributed by atoms with Gasteiger partial charge in [-0.05, 0) is 74.9 Å². The van der Waals surface area contributed by atoms with Gasteiger partial charge in [0.1, 0.15) is 11.6 Å². The lowest BCUT2D eigenvalue weighted by Crippen LogP contribution is -2.33. The van der Waals surface area contributed by atoms with Crippen molar-refractivity contribution < 1.29 is 0 Å². The molecule has 0 unspecified atom stereocenters. The van der Waals surface area contributed by atoms with Crippen molar-refractivity contribution in [2.24, 2.45) is 0 Å². The first-order valence-electron chi connectivity index (χ1n) is 13.5. The molecular formula is C27H39N7S. The van der Waals surface area contributed by atoms with E-state index in [1.807, 2.05) is 0 Å². The Morgan fingerprint density at radius 2 is 1.17 bits per heavy atom. The number of rotatable bonds is 6. The zero-order chi connectivity index (χ0) is 23.9. The summed E-state index contributed by atoms with van der Waals surface area (Å²) in [5.41, 5.74) is 2.53. The van der Waals surface area contributed by atoms with Crippen molar-refractivity contribution in [1.82, 2.24) is 15.3 Å². The maximum Gasteiger partial charge on any atom is 0.232 e. The van der Waals surface area contributed by atoms with Gasteiger partial charge in [-0.15, -0.1) is 0 Å². The molecule has 0 amide bonds. The van der Waals surface area contributed by atoms with Crippen LogP contribution in [0.1, 0.15) is 63.4 Å². The molecule has 188 valence electrons. The van der Waals surface area contributed by atoms with Crippen molar-refractivity contribution in [3.05, 3.63) is 35.9 Å². The maximum atomic E-state index is 5.63. The SMILES string of the molecule is S=C(NCc1ccc(N2CCCC2)cc1)Nc1nc(N2CCCCCC2)cc(N2CCCCC2)n1. The Morgan fingerprint density at radius 1 is 0.686 bits per heavy atom. The van der Waals surface area contributed by atoms with E-state index in [0.717, 1.165) is 37.8 Å². The highest BCUT2D eigenvalue weighted by Crippen LogP contribution is 2.26. The molecule has 3 fully saturated rings. The molecule has 3 aliphatic rings. The van der Waals surface area contributed by atoms with E-state index in [4.69, 9.17) is 22.2 Å². The van der Waals surface area contributed by atoms with Crippen LogP contribution >= 0.6 is 12.2 Å². The lowest BCUT2D eigenvalue weighted by molar-refractivity contribution is 0.573. The predicted octanol–water partition coefficient (Wildman–Crippen LogP) is 4.93. The highest BCUT2D eigenvalue weighted by Gasteiger charge is 2.19. The molecule has 0 aliphatic carbocycles. The van der Waals surface area contributed by atoms with Gasteiger partial charge in [0.25, 0.3) is 0 Å². The summed E-state index contributed by atoms with van der Waals surface area (Å²) in [5, 5.41) is 7.18. The van der Waals surface area contributed by atoms with Crippen LogP contribution in [0.25, 0.3) is 0 Å². The molecule has 1 aromatic carbocycles. The van der Waals surface area contributed by atoms with Crippen LogP contribution in [0.15, 0.2) is 30.3 Å². The van der Waals surface area contributed by atoms with Crippen LogP contribution in [0.3, 0.4) is 0 Å². The molecule has 0 atom stereocenters. The van der Waals surface area contributed by atoms with E-state index in [1.54, 1.807) is 0 Å². The number of anilines is 4. The van der Waals surface area contributed by atoms with E-state index in [9.17, 15) is 0 Å². The predicted molar refractivity (Wildman–Crippen MR) is 150 cm³/mol. The van der Waals surface area contributed by atoms with Crippen LogP contribution in [-0.2, 0) is 6.54 Å². The summed E-state index contributed by atoms with van der Waals surface area (Å²) in [5.74, 6) is 2.63. The molecule has 3 saturated heterocycles. The summed E-state index contributed by atoms with van der Waals surface area (Å²) >= 11 is 5.63. The Kier molecular flexibility index (Phi) is 8.18. The molecule has 0 spiro atoms. The molecule has 0 radical (unpaired) electrons. The quantitative estimate of drug-likeness (QED) is 0.549. The van der Waals surface area contributed by atoms with Gasteiger partial charge in [-0.2, -0.15) is 9.97 Å². The van der Waals surface area contributed by atoms with Crippen LogP contribution in [0.2, 0.25) is 0 Å². The molecule has 0 saturated carbocycles. The minimum atomic E-state index is 0.561.